The standard InChI is InChI=1S/C31H49.Y/c1-8-15-31-18-13-22(21(2)3)27(31)26-12-11-25-23-10-9-16-28(4,5)24(23)14-17-29(25,6)30(26,7)19-20-31;/h8,15-16,22-27H,2,9-14,17-20H2,1,3-7H3;/q-1;. The van der Waals surface area contributed by atoms with Crippen LogP contribution in [0.2, 0.25) is 0 Å². The van der Waals surface area contributed by atoms with Crippen LogP contribution in [0, 0.1) is 63.6 Å². The summed E-state index contributed by atoms with van der Waals surface area (Å²) in [5.74, 6) is 5.34. The van der Waals surface area contributed by atoms with Crippen molar-refractivity contribution in [3.8, 4) is 0 Å². The average Bonchev–Trinajstić information content (AvgIpc) is 3.08. The molecule has 0 saturated heterocycles. The van der Waals surface area contributed by atoms with E-state index in [0.29, 0.717) is 21.7 Å². The molecule has 5 aliphatic rings. The minimum atomic E-state index is 0. The van der Waals surface area contributed by atoms with Gasteiger partial charge in [0.2, 0.25) is 0 Å². The summed E-state index contributed by atoms with van der Waals surface area (Å²) in [6.07, 6.45) is 22.1. The zero-order chi connectivity index (χ0) is 22.2. The van der Waals surface area contributed by atoms with E-state index >= 15 is 0 Å². The van der Waals surface area contributed by atoms with Gasteiger partial charge in [0, 0.05) is 32.7 Å². The minimum absolute atomic E-state index is 0. The van der Waals surface area contributed by atoms with Crippen molar-refractivity contribution in [2.24, 2.45) is 57.2 Å². The maximum Gasteiger partial charge on any atom is 0 e. The van der Waals surface area contributed by atoms with E-state index in [1.165, 1.54) is 69.8 Å². The summed E-state index contributed by atoms with van der Waals surface area (Å²) in [4.78, 5) is 0. The zero-order valence-electron chi connectivity index (χ0n) is 22.1. The molecule has 0 N–H and O–H groups in total. The van der Waals surface area contributed by atoms with E-state index in [4.69, 9.17) is 0 Å². The van der Waals surface area contributed by atoms with Crippen molar-refractivity contribution < 1.29 is 32.7 Å². The molecule has 0 bridgehead atoms. The van der Waals surface area contributed by atoms with Crippen LogP contribution in [0.5, 0.6) is 0 Å². The van der Waals surface area contributed by atoms with Gasteiger partial charge < -0.3 is 6.42 Å². The first kappa shape index (κ1) is 25.7. The maximum absolute atomic E-state index is 4.52. The van der Waals surface area contributed by atoms with Crippen molar-refractivity contribution in [1.82, 2.24) is 0 Å². The second-order valence-electron chi connectivity index (χ2n) is 13.8. The fourth-order valence-corrected chi connectivity index (χ4v) is 10.9. The third-order valence-electron chi connectivity index (χ3n) is 12.6. The molecular formula is C31H49Y-. The van der Waals surface area contributed by atoms with Crippen molar-refractivity contribution in [2.45, 2.75) is 106 Å². The molecule has 5 aliphatic carbocycles. The van der Waals surface area contributed by atoms with Crippen molar-refractivity contribution in [2.75, 3.05) is 0 Å². The van der Waals surface area contributed by atoms with Crippen LogP contribution in [0.15, 0.2) is 24.3 Å². The summed E-state index contributed by atoms with van der Waals surface area (Å²) in [5.41, 5.74) is 3.44. The van der Waals surface area contributed by atoms with E-state index in [9.17, 15) is 0 Å². The smallest absolute Gasteiger partial charge is 0 e. The predicted octanol–water partition coefficient (Wildman–Crippen LogP) is 9.03. The monoisotopic (exact) mass is 510 g/mol. The van der Waals surface area contributed by atoms with Gasteiger partial charge in [-0.15, -0.1) is 0 Å². The Bertz CT molecular complexity index is 762. The first-order valence-electron chi connectivity index (χ1n) is 13.7. The predicted molar refractivity (Wildman–Crippen MR) is 133 cm³/mol. The van der Waals surface area contributed by atoms with E-state index in [2.05, 4.69) is 66.7 Å². The molecular weight excluding hydrogens is 461 g/mol. The van der Waals surface area contributed by atoms with Gasteiger partial charge >= 0.3 is 0 Å². The number of allylic oxidation sites excluding steroid dienone is 3. The summed E-state index contributed by atoms with van der Waals surface area (Å²) < 4.78 is 0. The van der Waals surface area contributed by atoms with Crippen LogP contribution >= 0.6 is 0 Å². The minimum Gasteiger partial charge on any atom is -0.323 e. The van der Waals surface area contributed by atoms with Gasteiger partial charge in [-0.3, -0.25) is 0 Å². The Labute approximate surface area is 225 Å². The zero-order valence-corrected chi connectivity index (χ0v) is 24.9. The summed E-state index contributed by atoms with van der Waals surface area (Å²) in [6, 6.07) is 0. The molecule has 0 aliphatic heterocycles. The van der Waals surface area contributed by atoms with Crippen LogP contribution < -0.4 is 0 Å². The molecule has 5 fully saturated rings. The molecule has 0 nitrogen and oxygen atoms in total. The molecule has 5 rings (SSSR count). The SMILES string of the molecule is C=C(C)C1CCC2(C=CC)CCC3(C)C(CCC4C5CC[CH-]C(C)(C)C5CCC43C)C12.[Y]. The molecule has 9 atom stereocenters. The van der Waals surface area contributed by atoms with Crippen molar-refractivity contribution in [3.63, 3.8) is 0 Å². The summed E-state index contributed by atoms with van der Waals surface area (Å²) in [5, 5.41) is 0. The number of fused-ring (bicyclic) bond motifs is 7. The first-order chi connectivity index (χ1) is 14.6. The van der Waals surface area contributed by atoms with Gasteiger partial charge in [-0.2, -0.15) is 11.8 Å². The molecule has 0 aromatic rings. The van der Waals surface area contributed by atoms with E-state index in [-0.39, 0.29) is 32.7 Å². The Hall–Kier alpha value is 0.584. The van der Waals surface area contributed by atoms with Gasteiger partial charge in [0.25, 0.3) is 0 Å². The van der Waals surface area contributed by atoms with Gasteiger partial charge in [0.15, 0.2) is 0 Å². The van der Waals surface area contributed by atoms with Crippen LogP contribution in [0.1, 0.15) is 106 Å². The Morgan fingerprint density at radius 2 is 1.53 bits per heavy atom. The van der Waals surface area contributed by atoms with E-state index in [0.717, 1.165) is 35.5 Å². The maximum atomic E-state index is 4.52. The Kier molecular flexibility index (Phi) is 6.91. The van der Waals surface area contributed by atoms with Crippen LogP contribution in [-0.4, -0.2) is 0 Å². The van der Waals surface area contributed by atoms with Gasteiger partial charge in [-0.05, 0) is 105 Å². The fraction of sp³-hybridized carbons (Fsp3) is 0.839. The van der Waals surface area contributed by atoms with Crippen LogP contribution in [0.25, 0.3) is 0 Å². The van der Waals surface area contributed by atoms with E-state index in [1.54, 1.807) is 0 Å². The van der Waals surface area contributed by atoms with E-state index in [1.807, 2.05) is 0 Å². The summed E-state index contributed by atoms with van der Waals surface area (Å²) in [7, 11) is 0. The van der Waals surface area contributed by atoms with Crippen LogP contribution in [0.4, 0.5) is 0 Å². The van der Waals surface area contributed by atoms with Gasteiger partial charge in [-0.1, -0.05) is 70.8 Å². The number of hydrogen-bond donors (Lipinski definition) is 0. The summed E-state index contributed by atoms with van der Waals surface area (Å²) >= 11 is 0. The normalized spacial score (nSPS) is 51.7. The number of hydrogen-bond acceptors (Lipinski definition) is 0. The molecule has 1 radical (unpaired) electrons. The largest absolute Gasteiger partial charge is 0.323 e. The molecule has 0 amide bonds. The van der Waals surface area contributed by atoms with E-state index < -0.39 is 0 Å². The van der Waals surface area contributed by atoms with Gasteiger partial charge in [-0.25, -0.2) is 0 Å². The molecule has 32 heavy (non-hydrogen) atoms. The Morgan fingerprint density at radius 1 is 0.844 bits per heavy atom. The van der Waals surface area contributed by atoms with Crippen molar-refractivity contribution >= 4 is 0 Å². The molecule has 177 valence electrons. The second kappa shape index (κ2) is 8.61. The van der Waals surface area contributed by atoms with Crippen LogP contribution in [-0.2, 0) is 32.7 Å². The topological polar surface area (TPSA) is 0 Å². The van der Waals surface area contributed by atoms with Gasteiger partial charge in [0.1, 0.15) is 0 Å². The molecule has 5 saturated carbocycles. The number of rotatable bonds is 2. The molecule has 9 unspecified atom stereocenters. The molecule has 0 heterocycles. The summed E-state index contributed by atoms with van der Waals surface area (Å²) in [6.45, 7) is 19.8. The molecule has 0 aromatic heterocycles. The first-order valence-corrected chi connectivity index (χ1v) is 13.7. The average molecular weight is 511 g/mol. The molecule has 0 aromatic carbocycles. The van der Waals surface area contributed by atoms with Crippen molar-refractivity contribution in [3.05, 3.63) is 30.7 Å². The fourth-order valence-electron chi connectivity index (χ4n) is 10.9. The Morgan fingerprint density at radius 3 is 2.22 bits per heavy atom. The quantitative estimate of drug-likeness (QED) is 0.257. The molecule has 0 spiro atoms. The van der Waals surface area contributed by atoms with Crippen LogP contribution in [0.3, 0.4) is 0 Å². The second-order valence-corrected chi connectivity index (χ2v) is 13.8. The van der Waals surface area contributed by atoms with Crippen molar-refractivity contribution in [1.29, 1.82) is 0 Å². The van der Waals surface area contributed by atoms with Gasteiger partial charge in [0.05, 0.1) is 0 Å². The Balaban J connectivity index is 0.00000245. The third kappa shape index (κ3) is 3.41. The molecule has 1 heteroatoms. The third-order valence-corrected chi connectivity index (χ3v) is 12.6.